The Morgan fingerprint density at radius 1 is 1.23 bits per heavy atom. The molecule has 1 aliphatic heterocycles. The second kappa shape index (κ2) is 10.0. The van der Waals surface area contributed by atoms with Gasteiger partial charge in [-0.3, -0.25) is 4.79 Å². The Balaban J connectivity index is 1.80. The monoisotopic (exact) mass is 363 g/mol. The number of anilines is 1. The van der Waals surface area contributed by atoms with E-state index in [4.69, 9.17) is 4.74 Å². The van der Waals surface area contributed by atoms with Crippen LogP contribution in [0.5, 0.6) is 5.75 Å². The van der Waals surface area contributed by atoms with Crippen molar-refractivity contribution in [1.29, 1.82) is 0 Å². The van der Waals surface area contributed by atoms with Crippen molar-refractivity contribution in [2.45, 2.75) is 33.2 Å². The molecule has 0 aliphatic carbocycles. The first-order valence-corrected chi connectivity index (χ1v) is 9.48. The van der Waals surface area contributed by atoms with Gasteiger partial charge in [0.05, 0.1) is 38.8 Å². The van der Waals surface area contributed by atoms with Crippen molar-refractivity contribution in [2.75, 3.05) is 44.2 Å². The molecule has 2 rings (SSSR count). The minimum atomic E-state index is -0.206. The van der Waals surface area contributed by atoms with E-state index < -0.39 is 0 Å². The maximum atomic E-state index is 12.3. The van der Waals surface area contributed by atoms with Crippen LogP contribution in [0.4, 0.5) is 10.5 Å². The topological polar surface area (TPSA) is 75.1 Å². The predicted octanol–water partition coefficient (Wildman–Crippen LogP) is 0.415. The minimum absolute atomic E-state index is 0.0204. The van der Waals surface area contributed by atoms with Gasteiger partial charge in [-0.05, 0) is 45.0 Å². The molecule has 0 radical (unpaired) electrons. The number of carbonyl (C=O) groups excluding carboxylic acids is 2. The van der Waals surface area contributed by atoms with Crippen LogP contribution in [0.3, 0.4) is 0 Å². The number of urea groups is 1. The third-order valence-electron chi connectivity index (χ3n) is 4.68. The lowest BCUT2D eigenvalue weighted by Gasteiger charge is -2.18. The van der Waals surface area contributed by atoms with Gasteiger partial charge in [-0.15, -0.1) is 0 Å². The number of nitrogens with one attached hydrogen (secondary N) is 3. The van der Waals surface area contributed by atoms with Crippen LogP contribution < -0.4 is 25.2 Å². The van der Waals surface area contributed by atoms with Gasteiger partial charge in [0.25, 0.3) is 0 Å². The van der Waals surface area contributed by atoms with E-state index in [1.54, 1.807) is 4.90 Å². The van der Waals surface area contributed by atoms with E-state index in [1.165, 1.54) is 4.90 Å². The fourth-order valence-electron chi connectivity index (χ4n) is 3.14. The normalized spacial score (nSPS) is 16.8. The van der Waals surface area contributed by atoms with Gasteiger partial charge >= 0.3 is 6.03 Å². The van der Waals surface area contributed by atoms with Gasteiger partial charge in [-0.2, -0.15) is 0 Å². The SMILES string of the molecule is CCOc1ccc(N2C[C@H](NC(=O)NCC[NH+](CC)CC)CC2=O)cc1. The Bertz CT molecular complexity index is 587. The minimum Gasteiger partial charge on any atom is -0.494 e. The number of likely N-dealkylation sites (N-methyl/N-ethyl adjacent to an activating group) is 1. The molecule has 7 nitrogen and oxygen atoms in total. The zero-order valence-electron chi connectivity index (χ0n) is 16.0. The summed E-state index contributed by atoms with van der Waals surface area (Å²) in [6, 6.07) is 7.08. The molecule has 0 unspecified atom stereocenters. The molecule has 0 bridgehead atoms. The first-order valence-electron chi connectivity index (χ1n) is 9.48. The van der Waals surface area contributed by atoms with Gasteiger partial charge in [0.15, 0.2) is 0 Å². The summed E-state index contributed by atoms with van der Waals surface area (Å²) in [4.78, 5) is 27.5. The smallest absolute Gasteiger partial charge is 0.315 e. The third kappa shape index (κ3) is 5.62. The molecule has 1 aromatic carbocycles. The number of ether oxygens (including phenoxy) is 1. The second-order valence-electron chi connectivity index (χ2n) is 6.44. The Hall–Kier alpha value is -2.28. The molecular weight excluding hydrogens is 332 g/mol. The van der Waals surface area contributed by atoms with Crippen molar-refractivity contribution in [3.63, 3.8) is 0 Å². The molecule has 1 heterocycles. The number of amides is 3. The molecule has 0 saturated carbocycles. The molecule has 1 fully saturated rings. The van der Waals surface area contributed by atoms with Gasteiger partial charge < -0.3 is 25.2 Å². The third-order valence-corrected chi connectivity index (χ3v) is 4.68. The van der Waals surface area contributed by atoms with Gasteiger partial charge in [0.1, 0.15) is 5.75 Å². The molecule has 144 valence electrons. The molecule has 3 N–H and O–H groups in total. The lowest BCUT2D eigenvalue weighted by molar-refractivity contribution is -0.895. The van der Waals surface area contributed by atoms with Gasteiger partial charge in [0.2, 0.25) is 5.91 Å². The Labute approximate surface area is 155 Å². The summed E-state index contributed by atoms with van der Waals surface area (Å²) in [5.41, 5.74) is 0.827. The first-order chi connectivity index (χ1) is 12.6. The van der Waals surface area contributed by atoms with Crippen molar-refractivity contribution in [3.05, 3.63) is 24.3 Å². The molecule has 1 atom stereocenters. The van der Waals surface area contributed by atoms with E-state index in [9.17, 15) is 9.59 Å². The van der Waals surface area contributed by atoms with Crippen molar-refractivity contribution in [3.8, 4) is 5.75 Å². The number of nitrogens with zero attached hydrogens (tertiary/aromatic N) is 1. The molecule has 7 heteroatoms. The van der Waals surface area contributed by atoms with Crippen LogP contribution in [0, 0.1) is 0 Å². The highest BCUT2D eigenvalue weighted by Gasteiger charge is 2.31. The summed E-state index contributed by atoms with van der Waals surface area (Å²) >= 11 is 0. The van der Waals surface area contributed by atoms with Gasteiger partial charge in [-0.25, -0.2) is 4.79 Å². The van der Waals surface area contributed by atoms with E-state index in [1.807, 2.05) is 31.2 Å². The van der Waals surface area contributed by atoms with Crippen LogP contribution in [-0.4, -0.2) is 57.3 Å². The fraction of sp³-hybridized carbons (Fsp3) is 0.579. The van der Waals surface area contributed by atoms with E-state index >= 15 is 0 Å². The molecule has 1 saturated heterocycles. The molecule has 0 aromatic heterocycles. The van der Waals surface area contributed by atoms with Crippen LogP contribution in [0.25, 0.3) is 0 Å². The molecule has 1 aromatic rings. The van der Waals surface area contributed by atoms with Crippen LogP contribution in [-0.2, 0) is 4.79 Å². The van der Waals surface area contributed by atoms with Gasteiger partial charge in [-0.1, -0.05) is 0 Å². The van der Waals surface area contributed by atoms with Crippen LogP contribution >= 0.6 is 0 Å². The number of hydrogen-bond acceptors (Lipinski definition) is 3. The molecule has 26 heavy (non-hydrogen) atoms. The van der Waals surface area contributed by atoms with E-state index in [0.717, 1.165) is 31.1 Å². The zero-order valence-corrected chi connectivity index (χ0v) is 16.0. The summed E-state index contributed by atoms with van der Waals surface area (Å²) in [5.74, 6) is 0.805. The van der Waals surface area contributed by atoms with E-state index in [0.29, 0.717) is 26.1 Å². The highest BCUT2D eigenvalue weighted by Crippen LogP contribution is 2.24. The van der Waals surface area contributed by atoms with Crippen LogP contribution in [0.2, 0.25) is 0 Å². The number of rotatable bonds is 9. The average Bonchev–Trinajstić information content (AvgIpc) is 3.00. The summed E-state index contributed by atoms with van der Waals surface area (Å²) < 4.78 is 5.42. The first kappa shape index (κ1) is 20.0. The fourth-order valence-corrected chi connectivity index (χ4v) is 3.14. The Kier molecular flexibility index (Phi) is 7.72. The number of carbonyl (C=O) groups is 2. The predicted molar refractivity (Wildman–Crippen MR) is 102 cm³/mol. The van der Waals surface area contributed by atoms with E-state index in [2.05, 4.69) is 24.5 Å². The van der Waals surface area contributed by atoms with Crippen molar-refractivity contribution < 1.29 is 19.2 Å². The highest BCUT2D eigenvalue weighted by atomic mass is 16.5. The average molecular weight is 363 g/mol. The van der Waals surface area contributed by atoms with Crippen molar-refractivity contribution >= 4 is 17.6 Å². The summed E-state index contributed by atoms with van der Waals surface area (Å²) in [5, 5.41) is 5.79. The lowest BCUT2D eigenvalue weighted by atomic mass is 10.2. The standard InChI is InChI=1S/C19H30N4O3/c1-4-22(5-2)12-11-20-19(25)21-15-13-18(24)23(14-15)16-7-9-17(10-8-16)26-6-3/h7-10,15H,4-6,11-14H2,1-3H3,(H2,20,21,25)/p+1/t15-/m1/s1. The molecule has 3 amide bonds. The van der Waals surface area contributed by atoms with E-state index in [-0.39, 0.29) is 18.0 Å². The number of hydrogen-bond donors (Lipinski definition) is 3. The maximum absolute atomic E-state index is 12.3. The molecular formula is C19H31N4O3+. The zero-order chi connectivity index (χ0) is 18.9. The summed E-state index contributed by atoms with van der Waals surface area (Å²) in [6.07, 6.45) is 0.321. The van der Waals surface area contributed by atoms with Crippen LogP contribution in [0.1, 0.15) is 27.2 Å². The van der Waals surface area contributed by atoms with Gasteiger partial charge in [0, 0.05) is 18.7 Å². The van der Waals surface area contributed by atoms with Crippen LogP contribution in [0.15, 0.2) is 24.3 Å². The second-order valence-corrected chi connectivity index (χ2v) is 6.44. The lowest BCUT2D eigenvalue weighted by Crippen LogP contribution is -3.12. The van der Waals surface area contributed by atoms with Crippen molar-refractivity contribution in [1.82, 2.24) is 10.6 Å². The summed E-state index contributed by atoms with van der Waals surface area (Å²) in [6.45, 7) is 10.9. The highest BCUT2D eigenvalue weighted by molar-refractivity contribution is 5.96. The van der Waals surface area contributed by atoms with Crippen molar-refractivity contribution in [2.24, 2.45) is 0 Å². The largest absolute Gasteiger partial charge is 0.494 e. The number of benzene rings is 1. The summed E-state index contributed by atoms with van der Waals surface area (Å²) in [7, 11) is 0. The Morgan fingerprint density at radius 2 is 1.92 bits per heavy atom. The Morgan fingerprint density at radius 3 is 2.54 bits per heavy atom. The molecule has 1 aliphatic rings. The number of quaternary nitrogens is 1. The quantitative estimate of drug-likeness (QED) is 0.595. The maximum Gasteiger partial charge on any atom is 0.315 e. The molecule has 0 spiro atoms.